The van der Waals surface area contributed by atoms with Crippen molar-refractivity contribution in [3.8, 4) is 0 Å². The number of hydrogen-bond acceptors (Lipinski definition) is 4. The molecule has 1 aliphatic rings. The van der Waals surface area contributed by atoms with Crippen LogP contribution in [-0.4, -0.2) is 28.2 Å². The van der Waals surface area contributed by atoms with Crippen molar-refractivity contribution in [2.75, 3.05) is 18.5 Å². The minimum absolute atomic E-state index is 0.0371. The molecule has 0 aliphatic heterocycles. The van der Waals surface area contributed by atoms with Crippen LogP contribution in [0, 0.1) is 5.41 Å². The molecule has 1 aliphatic carbocycles. The third-order valence-corrected chi connectivity index (χ3v) is 4.28. The van der Waals surface area contributed by atoms with E-state index < -0.39 is 0 Å². The summed E-state index contributed by atoms with van der Waals surface area (Å²) in [6.45, 7) is 5.20. The first-order valence-corrected chi connectivity index (χ1v) is 7.73. The number of anilines is 1. The van der Waals surface area contributed by atoms with Gasteiger partial charge in [-0.1, -0.05) is 26.7 Å². The van der Waals surface area contributed by atoms with E-state index in [2.05, 4.69) is 45.1 Å². The SMILES string of the molecule is CC(C)c1nc(Br)cc(NCC2(CO)CCCC2)n1. The van der Waals surface area contributed by atoms with Crippen LogP contribution in [-0.2, 0) is 0 Å². The summed E-state index contributed by atoms with van der Waals surface area (Å²) in [5.74, 6) is 1.97. The van der Waals surface area contributed by atoms with Crippen LogP contribution in [0.4, 0.5) is 5.82 Å². The average molecular weight is 328 g/mol. The number of aliphatic hydroxyl groups excluding tert-OH is 1. The highest BCUT2D eigenvalue weighted by atomic mass is 79.9. The summed E-state index contributed by atoms with van der Waals surface area (Å²) >= 11 is 3.42. The van der Waals surface area contributed by atoms with Crippen LogP contribution in [0.15, 0.2) is 10.7 Å². The number of aliphatic hydroxyl groups is 1. The maximum atomic E-state index is 9.61. The zero-order chi connectivity index (χ0) is 13.9. The molecular weight excluding hydrogens is 306 g/mol. The van der Waals surface area contributed by atoms with E-state index in [1.165, 1.54) is 12.8 Å². The summed E-state index contributed by atoms with van der Waals surface area (Å²) in [6, 6.07) is 1.89. The molecule has 1 heterocycles. The summed E-state index contributed by atoms with van der Waals surface area (Å²) < 4.78 is 0.804. The maximum Gasteiger partial charge on any atom is 0.134 e. The molecule has 4 nitrogen and oxygen atoms in total. The highest BCUT2D eigenvalue weighted by molar-refractivity contribution is 9.10. The second-order valence-corrected chi connectivity index (χ2v) is 6.62. The van der Waals surface area contributed by atoms with Gasteiger partial charge in [0.1, 0.15) is 16.2 Å². The Labute approximate surface area is 123 Å². The van der Waals surface area contributed by atoms with Crippen LogP contribution >= 0.6 is 15.9 Å². The van der Waals surface area contributed by atoms with Crippen LogP contribution < -0.4 is 5.32 Å². The number of nitrogens with zero attached hydrogens (tertiary/aromatic N) is 2. The summed E-state index contributed by atoms with van der Waals surface area (Å²) in [4.78, 5) is 8.89. The van der Waals surface area contributed by atoms with E-state index in [0.29, 0.717) is 5.92 Å². The van der Waals surface area contributed by atoms with Crippen molar-refractivity contribution < 1.29 is 5.11 Å². The monoisotopic (exact) mass is 327 g/mol. The smallest absolute Gasteiger partial charge is 0.134 e. The van der Waals surface area contributed by atoms with Gasteiger partial charge in [-0.25, -0.2) is 9.97 Å². The quantitative estimate of drug-likeness (QED) is 0.814. The van der Waals surface area contributed by atoms with Gasteiger partial charge in [0.05, 0.1) is 6.61 Å². The average Bonchev–Trinajstić information content (AvgIpc) is 2.85. The van der Waals surface area contributed by atoms with Crippen LogP contribution in [0.25, 0.3) is 0 Å². The fraction of sp³-hybridized carbons (Fsp3) is 0.714. The van der Waals surface area contributed by atoms with Gasteiger partial charge in [-0.3, -0.25) is 0 Å². The van der Waals surface area contributed by atoms with Gasteiger partial charge in [-0.15, -0.1) is 0 Å². The highest BCUT2D eigenvalue weighted by Crippen LogP contribution is 2.37. The molecule has 0 aromatic carbocycles. The van der Waals surface area contributed by atoms with Gasteiger partial charge in [0, 0.05) is 23.9 Å². The normalized spacial score (nSPS) is 17.9. The minimum atomic E-state index is 0.0371. The molecule has 0 saturated heterocycles. The van der Waals surface area contributed by atoms with Crippen molar-refractivity contribution in [3.63, 3.8) is 0 Å². The van der Waals surface area contributed by atoms with Crippen molar-refractivity contribution >= 4 is 21.7 Å². The van der Waals surface area contributed by atoms with Crippen molar-refractivity contribution in [2.45, 2.75) is 45.4 Å². The van der Waals surface area contributed by atoms with Gasteiger partial charge in [0.2, 0.25) is 0 Å². The summed E-state index contributed by atoms with van der Waals surface area (Å²) in [5, 5.41) is 13.0. The Morgan fingerprint density at radius 2 is 2.05 bits per heavy atom. The van der Waals surface area contributed by atoms with Gasteiger partial charge >= 0.3 is 0 Å². The zero-order valence-corrected chi connectivity index (χ0v) is 13.2. The second-order valence-electron chi connectivity index (χ2n) is 5.81. The van der Waals surface area contributed by atoms with E-state index in [1.54, 1.807) is 0 Å². The molecular formula is C14H22BrN3O. The van der Waals surface area contributed by atoms with Crippen molar-refractivity contribution in [2.24, 2.45) is 5.41 Å². The third kappa shape index (κ3) is 3.66. The molecule has 2 N–H and O–H groups in total. The van der Waals surface area contributed by atoms with Crippen molar-refractivity contribution in [1.29, 1.82) is 0 Å². The van der Waals surface area contributed by atoms with Gasteiger partial charge < -0.3 is 10.4 Å². The number of nitrogens with one attached hydrogen (secondary N) is 1. The largest absolute Gasteiger partial charge is 0.396 e. The molecule has 0 amide bonds. The molecule has 106 valence electrons. The Bertz CT molecular complexity index is 431. The first-order chi connectivity index (χ1) is 9.04. The molecule has 19 heavy (non-hydrogen) atoms. The van der Waals surface area contributed by atoms with Crippen LogP contribution in [0.2, 0.25) is 0 Å². The highest BCUT2D eigenvalue weighted by Gasteiger charge is 2.33. The first-order valence-electron chi connectivity index (χ1n) is 6.94. The maximum absolute atomic E-state index is 9.61. The van der Waals surface area contributed by atoms with Gasteiger partial charge in [0.15, 0.2) is 0 Å². The molecule has 0 atom stereocenters. The van der Waals surface area contributed by atoms with E-state index in [0.717, 1.165) is 35.6 Å². The summed E-state index contributed by atoms with van der Waals surface area (Å²) in [5.41, 5.74) is 0.0371. The van der Waals surface area contributed by atoms with Gasteiger partial charge in [-0.05, 0) is 28.8 Å². The lowest BCUT2D eigenvalue weighted by molar-refractivity contribution is 0.142. The molecule has 0 spiro atoms. The predicted molar refractivity (Wildman–Crippen MR) is 80.3 cm³/mol. The standard InChI is InChI=1S/C14H22BrN3O/c1-10(2)13-17-11(15)7-12(18-13)16-8-14(9-19)5-3-4-6-14/h7,10,19H,3-6,8-9H2,1-2H3,(H,16,17,18). The van der Waals surface area contributed by atoms with Crippen molar-refractivity contribution in [1.82, 2.24) is 9.97 Å². The number of aromatic nitrogens is 2. The molecule has 5 heteroatoms. The Morgan fingerprint density at radius 1 is 1.37 bits per heavy atom. The fourth-order valence-electron chi connectivity index (χ4n) is 2.58. The Balaban J connectivity index is 2.06. The van der Waals surface area contributed by atoms with E-state index in [-0.39, 0.29) is 12.0 Å². The molecule has 0 unspecified atom stereocenters. The summed E-state index contributed by atoms with van der Waals surface area (Å²) in [6.07, 6.45) is 4.62. The molecule has 1 aromatic heterocycles. The molecule has 1 saturated carbocycles. The second kappa shape index (κ2) is 6.18. The molecule has 1 aromatic rings. The Kier molecular flexibility index (Phi) is 4.79. The van der Waals surface area contributed by atoms with Gasteiger partial charge in [0.25, 0.3) is 0 Å². The lowest BCUT2D eigenvalue weighted by atomic mass is 9.87. The lowest BCUT2D eigenvalue weighted by Gasteiger charge is -2.27. The molecule has 1 fully saturated rings. The zero-order valence-electron chi connectivity index (χ0n) is 11.6. The number of rotatable bonds is 5. The van der Waals surface area contributed by atoms with Crippen molar-refractivity contribution in [3.05, 3.63) is 16.5 Å². The fourth-order valence-corrected chi connectivity index (χ4v) is 2.98. The third-order valence-electron chi connectivity index (χ3n) is 3.87. The van der Waals surface area contributed by atoms with Crippen LogP contribution in [0.5, 0.6) is 0 Å². The van der Waals surface area contributed by atoms with Crippen LogP contribution in [0.3, 0.4) is 0 Å². The van der Waals surface area contributed by atoms with E-state index in [4.69, 9.17) is 0 Å². The molecule has 0 bridgehead atoms. The topological polar surface area (TPSA) is 58.0 Å². The van der Waals surface area contributed by atoms with Crippen LogP contribution in [0.1, 0.15) is 51.3 Å². The lowest BCUT2D eigenvalue weighted by Crippen LogP contribution is -2.30. The van der Waals surface area contributed by atoms with E-state index in [1.807, 2.05) is 6.07 Å². The molecule has 0 radical (unpaired) electrons. The van der Waals surface area contributed by atoms with E-state index in [9.17, 15) is 5.11 Å². The number of halogens is 1. The first kappa shape index (κ1) is 14.7. The Morgan fingerprint density at radius 3 is 2.63 bits per heavy atom. The number of hydrogen-bond donors (Lipinski definition) is 2. The van der Waals surface area contributed by atoms with E-state index >= 15 is 0 Å². The molecule has 2 rings (SSSR count). The predicted octanol–water partition coefficient (Wildman–Crippen LogP) is 3.33. The van der Waals surface area contributed by atoms with Gasteiger partial charge in [-0.2, -0.15) is 0 Å². The minimum Gasteiger partial charge on any atom is -0.396 e. The summed E-state index contributed by atoms with van der Waals surface area (Å²) in [7, 11) is 0. The Hall–Kier alpha value is -0.680.